The Hall–Kier alpha value is -0.960. The van der Waals surface area contributed by atoms with E-state index >= 15 is 0 Å². The Morgan fingerprint density at radius 2 is 1.14 bits per heavy atom. The average molecular weight is 190 g/mol. The van der Waals surface area contributed by atoms with Gasteiger partial charge in [0.1, 0.15) is 0 Å². The minimum Gasteiger partial charge on any atom is -0.0988 e. The van der Waals surface area contributed by atoms with E-state index in [0.717, 1.165) is 12.8 Å². The van der Waals surface area contributed by atoms with Gasteiger partial charge in [0.2, 0.25) is 0 Å². The van der Waals surface area contributed by atoms with Gasteiger partial charge in [0.05, 0.1) is 0 Å². The van der Waals surface area contributed by atoms with E-state index in [1.54, 1.807) is 0 Å². The molecule has 0 aromatic heterocycles. The van der Waals surface area contributed by atoms with Crippen LogP contribution in [0.4, 0.5) is 0 Å². The van der Waals surface area contributed by atoms with Crippen LogP contribution < -0.4 is 0 Å². The summed E-state index contributed by atoms with van der Waals surface area (Å²) >= 11 is 0. The first kappa shape index (κ1) is 13.0. The molecule has 0 unspecified atom stereocenters. The van der Waals surface area contributed by atoms with Crippen molar-refractivity contribution in [2.75, 3.05) is 0 Å². The van der Waals surface area contributed by atoms with E-state index in [0.29, 0.717) is 11.8 Å². The highest BCUT2D eigenvalue weighted by Crippen LogP contribution is 1.95. The predicted octanol–water partition coefficient (Wildman–Crippen LogP) is 4.19. The lowest BCUT2D eigenvalue weighted by Crippen LogP contribution is -1.76. The molecule has 0 nitrogen and oxygen atoms in total. The van der Waals surface area contributed by atoms with Crippen LogP contribution >= 0.6 is 0 Å². The highest BCUT2D eigenvalue weighted by atomic mass is 13.9. The van der Waals surface area contributed by atoms with Crippen molar-refractivity contribution >= 4 is 0 Å². The van der Waals surface area contributed by atoms with Gasteiger partial charge in [-0.3, -0.25) is 0 Å². The fourth-order valence-electron chi connectivity index (χ4n) is 0.943. The van der Waals surface area contributed by atoms with Crippen molar-refractivity contribution in [2.45, 2.75) is 40.5 Å². The van der Waals surface area contributed by atoms with E-state index < -0.39 is 0 Å². The van der Waals surface area contributed by atoms with Crippen LogP contribution in [0.3, 0.4) is 0 Å². The molecule has 0 aromatic rings. The number of rotatable bonds is 4. The molecule has 0 aliphatic carbocycles. The molecule has 0 atom stereocenters. The maximum atomic E-state index is 3.13. The van der Waals surface area contributed by atoms with Crippen LogP contribution in [0.15, 0.2) is 24.3 Å². The van der Waals surface area contributed by atoms with Crippen molar-refractivity contribution in [3.8, 4) is 11.8 Å². The molecule has 0 saturated carbocycles. The van der Waals surface area contributed by atoms with E-state index in [4.69, 9.17) is 0 Å². The second-order valence-corrected chi connectivity index (χ2v) is 4.11. The quantitative estimate of drug-likeness (QED) is 0.460. The molecule has 78 valence electrons. The highest BCUT2D eigenvalue weighted by molar-refractivity contribution is 5.08. The minimum absolute atomic E-state index is 0.637. The zero-order valence-corrected chi connectivity index (χ0v) is 9.88. The third-order valence-corrected chi connectivity index (χ3v) is 1.61. The van der Waals surface area contributed by atoms with E-state index in [1.165, 1.54) is 0 Å². The molecule has 0 fully saturated rings. The van der Waals surface area contributed by atoms with Crippen molar-refractivity contribution in [2.24, 2.45) is 11.8 Å². The zero-order valence-electron chi connectivity index (χ0n) is 9.88. The topological polar surface area (TPSA) is 0 Å². The third-order valence-electron chi connectivity index (χ3n) is 1.61. The molecular formula is C14H22. The Morgan fingerprint density at radius 1 is 0.786 bits per heavy atom. The Labute approximate surface area is 89.1 Å². The monoisotopic (exact) mass is 190 g/mol. The maximum absolute atomic E-state index is 3.13. The zero-order chi connectivity index (χ0) is 10.8. The Bertz CT molecular complexity index is 206. The van der Waals surface area contributed by atoms with E-state index in [-0.39, 0.29) is 0 Å². The molecule has 0 N–H and O–H groups in total. The van der Waals surface area contributed by atoms with Gasteiger partial charge in [-0.05, 0) is 11.8 Å². The Kier molecular flexibility index (Phi) is 8.04. The van der Waals surface area contributed by atoms with Gasteiger partial charge < -0.3 is 0 Å². The lowest BCUT2D eigenvalue weighted by atomic mass is 10.2. The van der Waals surface area contributed by atoms with Gasteiger partial charge in [0, 0.05) is 12.8 Å². The van der Waals surface area contributed by atoms with Crippen LogP contribution in [0.1, 0.15) is 40.5 Å². The summed E-state index contributed by atoms with van der Waals surface area (Å²) in [6.45, 7) is 8.70. The summed E-state index contributed by atoms with van der Waals surface area (Å²) in [5.74, 6) is 7.53. The first-order chi connectivity index (χ1) is 6.63. The Balaban J connectivity index is 3.54. The molecule has 0 spiro atoms. The largest absolute Gasteiger partial charge is 0.0988 e. The number of hydrogen-bond donors (Lipinski definition) is 0. The van der Waals surface area contributed by atoms with E-state index in [9.17, 15) is 0 Å². The summed E-state index contributed by atoms with van der Waals surface area (Å²) in [4.78, 5) is 0. The first-order valence-electron chi connectivity index (χ1n) is 5.42. The predicted molar refractivity (Wildman–Crippen MR) is 65.0 cm³/mol. The lowest BCUT2D eigenvalue weighted by molar-refractivity contribution is 0.828. The molecule has 0 heteroatoms. The molecule has 0 heterocycles. The van der Waals surface area contributed by atoms with Gasteiger partial charge >= 0.3 is 0 Å². The van der Waals surface area contributed by atoms with Crippen molar-refractivity contribution < 1.29 is 0 Å². The van der Waals surface area contributed by atoms with Crippen LogP contribution in [0.5, 0.6) is 0 Å². The summed E-state index contributed by atoms with van der Waals surface area (Å²) in [6.07, 6.45) is 10.4. The molecule has 0 aromatic carbocycles. The SMILES string of the molecule is CC(C)/C=C/CC#CC/C=C/C(C)C. The van der Waals surface area contributed by atoms with E-state index in [2.05, 4.69) is 63.8 Å². The molecule has 0 rings (SSSR count). The fourth-order valence-corrected chi connectivity index (χ4v) is 0.943. The molecule has 0 aliphatic rings. The Morgan fingerprint density at radius 3 is 1.43 bits per heavy atom. The number of hydrogen-bond acceptors (Lipinski definition) is 0. The van der Waals surface area contributed by atoms with Gasteiger partial charge in [-0.2, -0.15) is 0 Å². The van der Waals surface area contributed by atoms with Crippen LogP contribution in [0.2, 0.25) is 0 Å². The smallest absolute Gasteiger partial charge is 0.0269 e. The third kappa shape index (κ3) is 11.0. The van der Waals surface area contributed by atoms with Gasteiger partial charge in [0.15, 0.2) is 0 Å². The minimum atomic E-state index is 0.637. The van der Waals surface area contributed by atoms with Gasteiger partial charge in [-0.1, -0.05) is 63.8 Å². The van der Waals surface area contributed by atoms with Crippen molar-refractivity contribution in [3.63, 3.8) is 0 Å². The summed E-state index contributed by atoms with van der Waals surface area (Å²) in [7, 11) is 0. The van der Waals surface area contributed by atoms with Crippen molar-refractivity contribution in [1.82, 2.24) is 0 Å². The molecule has 0 bridgehead atoms. The summed E-state index contributed by atoms with van der Waals surface area (Å²) in [6, 6.07) is 0. The van der Waals surface area contributed by atoms with E-state index in [1.807, 2.05) is 0 Å². The lowest BCUT2D eigenvalue weighted by Gasteiger charge is -1.90. The van der Waals surface area contributed by atoms with Crippen molar-refractivity contribution in [3.05, 3.63) is 24.3 Å². The molecule has 14 heavy (non-hydrogen) atoms. The van der Waals surface area contributed by atoms with Crippen LogP contribution in [-0.4, -0.2) is 0 Å². The summed E-state index contributed by atoms with van der Waals surface area (Å²) < 4.78 is 0. The maximum Gasteiger partial charge on any atom is 0.0269 e. The van der Waals surface area contributed by atoms with Gasteiger partial charge in [-0.25, -0.2) is 0 Å². The molecule has 0 aliphatic heterocycles. The normalized spacial score (nSPS) is 11.6. The van der Waals surface area contributed by atoms with Crippen LogP contribution in [-0.2, 0) is 0 Å². The van der Waals surface area contributed by atoms with Gasteiger partial charge in [-0.15, -0.1) is 0 Å². The van der Waals surface area contributed by atoms with Crippen molar-refractivity contribution in [1.29, 1.82) is 0 Å². The van der Waals surface area contributed by atoms with Crippen LogP contribution in [0, 0.1) is 23.7 Å². The van der Waals surface area contributed by atoms with Crippen LogP contribution in [0.25, 0.3) is 0 Å². The second kappa shape index (κ2) is 8.63. The summed E-state index contributed by atoms with van der Waals surface area (Å²) in [5, 5.41) is 0. The average Bonchev–Trinajstić information content (AvgIpc) is 2.08. The molecular weight excluding hydrogens is 168 g/mol. The molecule has 0 amide bonds. The molecule has 0 radical (unpaired) electrons. The van der Waals surface area contributed by atoms with Gasteiger partial charge in [0.25, 0.3) is 0 Å². The highest BCUT2D eigenvalue weighted by Gasteiger charge is 1.81. The number of allylic oxidation sites excluding steroid dienone is 4. The summed E-state index contributed by atoms with van der Waals surface area (Å²) in [5.41, 5.74) is 0. The standard InChI is InChI=1S/C14H22/c1-13(2)11-9-7-5-6-8-10-12-14(3)4/h9-14H,7-8H2,1-4H3/b11-9+,12-10+. The fraction of sp³-hybridized carbons (Fsp3) is 0.571. The second-order valence-electron chi connectivity index (χ2n) is 4.11. The molecule has 0 saturated heterocycles. The first-order valence-corrected chi connectivity index (χ1v) is 5.42.